The summed E-state index contributed by atoms with van der Waals surface area (Å²) in [6.45, 7) is -0.461. The van der Waals surface area contributed by atoms with E-state index in [0.717, 1.165) is 0 Å². The second-order valence-corrected chi connectivity index (χ2v) is 6.66. The SMILES string of the molecule is O=C(COc1ccccc1[N+](=O)[O-])NN=Cc1cccc(OC(=O)c2ccccc2Cl)c1. The van der Waals surface area contributed by atoms with Gasteiger partial charge in [0.1, 0.15) is 5.75 Å². The van der Waals surface area contributed by atoms with Gasteiger partial charge in [-0.3, -0.25) is 14.9 Å². The van der Waals surface area contributed by atoms with Crippen LogP contribution < -0.4 is 14.9 Å². The molecular formula is C22H16ClN3O6. The maximum absolute atomic E-state index is 12.3. The number of hydrogen-bond acceptors (Lipinski definition) is 7. The van der Waals surface area contributed by atoms with Crippen LogP contribution in [0.1, 0.15) is 15.9 Å². The van der Waals surface area contributed by atoms with Crippen LogP contribution in [0, 0.1) is 10.1 Å². The van der Waals surface area contributed by atoms with Crippen molar-refractivity contribution in [3.05, 3.63) is 99.1 Å². The molecule has 3 rings (SSSR count). The van der Waals surface area contributed by atoms with Crippen molar-refractivity contribution in [1.29, 1.82) is 0 Å². The van der Waals surface area contributed by atoms with Gasteiger partial charge in [-0.05, 0) is 35.9 Å². The quantitative estimate of drug-likeness (QED) is 0.181. The van der Waals surface area contributed by atoms with Gasteiger partial charge in [-0.2, -0.15) is 5.10 Å². The predicted octanol–water partition coefficient (Wildman–Crippen LogP) is 4.00. The number of rotatable bonds is 8. The average Bonchev–Trinajstić information content (AvgIpc) is 2.78. The van der Waals surface area contributed by atoms with Gasteiger partial charge in [-0.15, -0.1) is 0 Å². The fourth-order valence-corrected chi connectivity index (χ4v) is 2.74. The zero-order valence-electron chi connectivity index (χ0n) is 16.4. The third kappa shape index (κ3) is 6.13. The number of nitrogens with one attached hydrogen (secondary N) is 1. The topological polar surface area (TPSA) is 120 Å². The number of amides is 1. The number of esters is 1. The van der Waals surface area contributed by atoms with Crippen LogP contribution in [0.4, 0.5) is 5.69 Å². The number of carbonyl (C=O) groups is 2. The Labute approximate surface area is 187 Å². The summed E-state index contributed by atoms with van der Waals surface area (Å²) in [6.07, 6.45) is 1.34. The monoisotopic (exact) mass is 453 g/mol. The van der Waals surface area contributed by atoms with E-state index in [0.29, 0.717) is 5.56 Å². The van der Waals surface area contributed by atoms with Crippen molar-refractivity contribution in [1.82, 2.24) is 5.43 Å². The molecule has 0 aliphatic carbocycles. The molecule has 10 heteroatoms. The molecule has 0 spiro atoms. The number of para-hydroxylation sites is 2. The van der Waals surface area contributed by atoms with E-state index in [1.165, 1.54) is 24.4 Å². The first-order valence-corrected chi connectivity index (χ1v) is 9.57. The van der Waals surface area contributed by atoms with Crippen LogP contribution in [-0.2, 0) is 4.79 Å². The summed E-state index contributed by atoms with van der Waals surface area (Å²) in [5.74, 6) is -0.972. The first-order chi connectivity index (χ1) is 15.4. The molecule has 162 valence electrons. The number of ether oxygens (including phenoxy) is 2. The molecule has 0 radical (unpaired) electrons. The Morgan fingerprint density at radius 2 is 1.81 bits per heavy atom. The summed E-state index contributed by atoms with van der Waals surface area (Å²) in [6, 6.07) is 18.7. The van der Waals surface area contributed by atoms with E-state index in [9.17, 15) is 19.7 Å². The summed E-state index contributed by atoms with van der Waals surface area (Å²) in [4.78, 5) is 34.5. The molecule has 3 aromatic carbocycles. The largest absolute Gasteiger partial charge is 0.477 e. The number of halogens is 1. The van der Waals surface area contributed by atoms with Crippen molar-refractivity contribution >= 4 is 35.4 Å². The van der Waals surface area contributed by atoms with E-state index in [1.807, 2.05) is 0 Å². The van der Waals surface area contributed by atoms with Gasteiger partial charge in [0.2, 0.25) is 0 Å². The lowest BCUT2D eigenvalue weighted by Gasteiger charge is -2.06. The summed E-state index contributed by atoms with van der Waals surface area (Å²) in [5.41, 5.74) is 2.80. The molecule has 32 heavy (non-hydrogen) atoms. The van der Waals surface area contributed by atoms with Gasteiger partial charge >= 0.3 is 11.7 Å². The lowest BCUT2D eigenvalue weighted by Crippen LogP contribution is -2.24. The number of benzene rings is 3. The minimum absolute atomic E-state index is 0.0235. The summed E-state index contributed by atoms with van der Waals surface area (Å²) in [7, 11) is 0. The van der Waals surface area contributed by atoms with Gasteiger partial charge < -0.3 is 9.47 Å². The van der Waals surface area contributed by atoms with Crippen LogP contribution in [0.3, 0.4) is 0 Å². The van der Waals surface area contributed by atoms with Crippen LogP contribution in [0.2, 0.25) is 5.02 Å². The Bertz CT molecular complexity index is 1180. The Morgan fingerprint density at radius 1 is 1.06 bits per heavy atom. The van der Waals surface area contributed by atoms with Crippen molar-refractivity contribution < 1.29 is 24.0 Å². The molecule has 0 saturated carbocycles. The highest BCUT2D eigenvalue weighted by atomic mass is 35.5. The van der Waals surface area contributed by atoms with Crippen molar-refractivity contribution in [2.45, 2.75) is 0 Å². The maximum Gasteiger partial charge on any atom is 0.345 e. The van der Waals surface area contributed by atoms with Crippen LogP contribution >= 0.6 is 11.6 Å². The Balaban J connectivity index is 1.55. The molecule has 0 heterocycles. The van der Waals surface area contributed by atoms with E-state index >= 15 is 0 Å². The molecule has 9 nitrogen and oxygen atoms in total. The molecule has 3 aromatic rings. The summed E-state index contributed by atoms with van der Waals surface area (Å²) in [5, 5.41) is 15.0. The number of nitro benzene ring substituents is 1. The molecular weight excluding hydrogens is 438 g/mol. The Morgan fingerprint density at radius 3 is 2.59 bits per heavy atom. The van der Waals surface area contributed by atoms with Crippen molar-refractivity contribution in [3.63, 3.8) is 0 Å². The standard InChI is InChI=1S/C22H16ClN3O6/c23-18-9-2-1-8-17(18)22(28)32-16-7-5-6-15(12-16)13-24-25-21(27)14-31-20-11-4-3-10-19(20)26(29)30/h1-13H,14H2,(H,25,27). The number of carbonyl (C=O) groups excluding carboxylic acids is 2. The van der Waals surface area contributed by atoms with E-state index in [-0.39, 0.29) is 27.8 Å². The summed E-state index contributed by atoms with van der Waals surface area (Å²) < 4.78 is 10.5. The average molecular weight is 454 g/mol. The van der Waals surface area contributed by atoms with Crippen LogP contribution in [0.5, 0.6) is 11.5 Å². The minimum Gasteiger partial charge on any atom is -0.477 e. The molecule has 0 fully saturated rings. The first kappa shape index (κ1) is 22.4. The number of hydrazone groups is 1. The Kier molecular flexibility index (Phi) is 7.50. The zero-order valence-corrected chi connectivity index (χ0v) is 17.2. The molecule has 0 aromatic heterocycles. The van der Waals surface area contributed by atoms with E-state index in [2.05, 4.69) is 10.5 Å². The first-order valence-electron chi connectivity index (χ1n) is 9.19. The van der Waals surface area contributed by atoms with Gasteiger partial charge in [-0.25, -0.2) is 10.2 Å². The van der Waals surface area contributed by atoms with Crippen LogP contribution in [0.15, 0.2) is 77.9 Å². The van der Waals surface area contributed by atoms with Crippen molar-refractivity contribution in [2.75, 3.05) is 6.61 Å². The highest BCUT2D eigenvalue weighted by molar-refractivity contribution is 6.33. The molecule has 1 N–H and O–H groups in total. The Hall–Kier alpha value is -4.24. The van der Waals surface area contributed by atoms with Crippen molar-refractivity contribution in [3.8, 4) is 11.5 Å². The van der Waals surface area contributed by atoms with Gasteiger partial charge in [0.15, 0.2) is 12.4 Å². The third-order valence-corrected chi connectivity index (χ3v) is 4.32. The summed E-state index contributed by atoms with van der Waals surface area (Å²) >= 11 is 6.00. The van der Waals surface area contributed by atoms with Crippen molar-refractivity contribution in [2.24, 2.45) is 5.10 Å². The van der Waals surface area contributed by atoms with Gasteiger partial charge in [-0.1, -0.05) is 48.0 Å². The highest BCUT2D eigenvalue weighted by Gasteiger charge is 2.15. The minimum atomic E-state index is -0.610. The zero-order chi connectivity index (χ0) is 22.9. The lowest BCUT2D eigenvalue weighted by molar-refractivity contribution is -0.385. The van der Waals surface area contributed by atoms with Gasteiger partial charge in [0, 0.05) is 6.07 Å². The van der Waals surface area contributed by atoms with E-state index in [4.69, 9.17) is 21.1 Å². The van der Waals surface area contributed by atoms with Crippen LogP contribution in [-0.4, -0.2) is 29.6 Å². The normalized spacial score (nSPS) is 10.5. The van der Waals surface area contributed by atoms with Gasteiger partial charge in [0.05, 0.1) is 21.7 Å². The third-order valence-electron chi connectivity index (χ3n) is 3.99. The fraction of sp³-hybridized carbons (Fsp3) is 0.0455. The van der Waals surface area contributed by atoms with E-state index in [1.54, 1.807) is 54.6 Å². The second-order valence-electron chi connectivity index (χ2n) is 6.25. The lowest BCUT2D eigenvalue weighted by atomic mass is 10.2. The van der Waals surface area contributed by atoms with E-state index < -0.39 is 23.4 Å². The van der Waals surface area contributed by atoms with Crippen LogP contribution in [0.25, 0.3) is 0 Å². The highest BCUT2D eigenvalue weighted by Crippen LogP contribution is 2.25. The maximum atomic E-state index is 12.3. The number of nitrogens with zero attached hydrogens (tertiary/aromatic N) is 2. The fourth-order valence-electron chi connectivity index (χ4n) is 2.53. The molecule has 0 aliphatic rings. The van der Waals surface area contributed by atoms with Gasteiger partial charge in [0.25, 0.3) is 5.91 Å². The molecule has 0 atom stereocenters. The second kappa shape index (κ2) is 10.7. The molecule has 0 aliphatic heterocycles. The molecule has 1 amide bonds. The molecule has 0 unspecified atom stereocenters. The smallest absolute Gasteiger partial charge is 0.345 e. The molecule has 0 bridgehead atoms. The number of nitro groups is 1. The number of hydrogen-bond donors (Lipinski definition) is 1. The molecule has 0 saturated heterocycles. The predicted molar refractivity (Wildman–Crippen MR) is 117 cm³/mol.